The topological polar surface area (TPSA) is 134 Å². The van der Waals surface area contributed by atoms with Gasteiger partial charge in [0.05, 0.1) is 13.2 Å². The van der Waals surface area contributed by atoms with Gasteiger partial charge >= 0.3 is 19.8 Å². The van der Waals surface area contributed by atoms with Crippen molar-refractivity contribution >= 4 is 19.8 Å². The molecule has 0 aromatic rings. The van der Waals surface area contributed by atoms with Crippen molar-refractivity contribution in [2.75, 3.05) is 26.4 Å². The van der Waals surface area contributed by atoms with Crippen LogP contribution in [-0.2, 0) is 32.7 Å². The molecular formula is C89H168NO8P. The van der Waals surface area contributed by atoms with E-state index in [1.54, 1.807) is 0 Å². The van der Waals surface area contributed by atoms with Crippen LogP contribution in [0, 0.1) is 0 Å². The predicted octanol–water partition coefficient (Wildman–Crippen LogP) is 29.7. The highest BCUT2D eigenvalue weighted by molar-refractivity contribution is 7.47. The van der Waals surface area contributed by atoms with Crippen molar-refractivity contribution in [2.45, 2.75) is 469 Å². The molecule has 0 fully saturated rings. The Morgan fingerprint density at radius 1 is 0.313 bits per heavy atom. The summed E-state index contributed by atoms with van der Waals surface area (Å²) in [5.41, 5.74) is 5.42. The zero-order chi connectivity index (χ0) is 71.5. The molecule has 2 atom stereocenters. The summed E-state index contributed by atoms with van der Waals surface area (Å²) in [6, 6.07) is 0. The van der Waals surface area contributed by atoms with Crippen LogP contribution >= 0.6 is 7.82 Å². The number of nitrogens with two attached hydrogens (primary N) is 1. The van der Waals surface area contributed by atoms with E-state index in [9.17, 15) is 19.0 Å². The fourth-order valence-corrected chi connectivity index (χ4v) is 14.2. The molecule has 0 aromatic carbocycles. The Labute approximate surface area is 616 Å². The molecule has 0 aromatic heterocycles. The molecule has 0 aliphatic rings. The molecule has 0 saturated heterocycles. The van der Waals surface area contributed by atoms with Crippen molar-refractivity contribution in [1.82, 2.24) is 0 Å². The van der Waals surface area contributed by atoms with Crippen molar-refractivity contribution < 1.29 is 37.6 Å². The SMILES string of the molecule is CC/C=C\C/C=C\C/C=C\C/C=C\CCCCCCCCCCCCCCCCCCCCCCCCCCCCC(=O)OC(COC(=O)CCCCCCCCCCCCCCCCCCCCCCCCCCCCC/C=C\CCCCCCCCCC)COP(=O)(O)OCCN. The minimum Gasteiger partial charge on any atom is -0.462 e. The van der Waals surface area contributed by atoms with Crippen LogP contribution in [0.3, 0.4) is 0 Å². The van der Waals surface area contributed by atoms with Crippen LogP contribution in [0.25, 0.3) is 0 Å². The molecule has 0 spiro atoms. The molecular weight excluding hydrogens is 1240 g/mol. The number of phosphoric ester groups is 1. The molecule has 0 bridgehead atoms. The Bertz CT molecular complexity index is 1810. The number of carbonyl (C=O) groups excluding carboxylic acids is 2. The Hall–Kier alpha value is -2.29. The number of unbranched alkanes of at least 4 members (excludes halogenated alkanes) is 61. The first-order valence-electron chi connectivity index (χ1n) is 43.8. The van der Waals surface area contributed by atoms with E-state index in [1.807, 2.05) is 0 Å². The van der Waals surface area contributed by atoms with Gasteiger partial charge in [-0.25, -0.2) is 4.57 Å². The second kappa shape index (κ2) is 84.6. The number of ether oxygens (including phenoxy) is 2. The Kier molecular flexibility index (Phi) is 82.7. The summed E-state index contributed by atoms with van der Waals surface area (Å²) in [4.78, 5) is 35.5. The zero-order valence-electron chi connectivity index (χ0n) is 66.0. The van der Waals surface area contributed by atoms with E-state index < -0.39 is 26.5 Å². The lowest BCUT2D eigenvalue weighted by Gasteiger charge is -2.19. The number of phosphoric acid groups is 1. The van der Waals surface area contributed by atoms with E-state index in [-0.39, 0.29) is 38.6 Å². The lowest BCUT2D eigenvalue weighted by Crippen LogP contribution is -2.29. The van der Waals surface area contributed by atoms with Crippen molar-refractivity contribution in [2.24, 2.45) is 5.73 Å². The monoisotopic (exact) mass is 1410 g/mol. The third-order valence-electron chi connectivity index (χ3n) is 19.9. The summed E-state index contributed by atoms with van der Waals surface area (Å²) >= 11 is 0. The lowest BCUT2D eigenvalue weighted by molar-refractivity contribution is -0.161. The largest absolute Gasteiger partial charge is 0.472 e. The van der Waals surface area contributed by atoms with Gasteiger partial charge in [0.2, 0.25) is 0 Å². The van der Waals surface area contributed by atoms with Gasteiger partial charge in [-0.05, 0) is 77.0 Å². The number of carbonyl (C=O) groups is 2. The fraction of sp³-hybridized carbons (Fsp3) is 0.865. The first-order chi connectivity index (χ1) is 48.8. The quantitative estimate of drug-likeness (QED) is 0.0264. The van der Waals surface area contributed by atoms with Gasteiger partial charge < -0.3 is 20.1 Å². The highest BCUT2D eigenvalue weighted by atomic mass is 31.2. The zero-order valence-corrected chi connectivity index (χ0v) is 66.9. The average Bonchev–Trinajstić information content (AvgIpc) is 1.35. The fourth-order valence-electron chi connectivity index (χ4n) is 13.5. The van der Waals surface area contributed by atoms with Crippen LogP contribution in [0.5, 0.6) is 0 Å². The molecule has 0 heterocycles. The van der Waals surface area contributed by atoms with Gasteiger partial charge in [-0.2, -0.15) is 0 Å². The number of rotatable bonds is 84. The van der Waals surface area contributed by atoms with E-state index in [0.717, 1.165) is 57.8 Å². The van der Waals surface area contributed by atoms with Crippen molar-refractivity contribution in [3.8, 4) is 0 Å². The molecule has 2 unspecified atom stereocenters. The summed E-state index contributed by atoms with van der Waals surface area (Å²) in [5, 5.41) is 0. The molecule has 0 amide bonds. The number of allylic oxidation sites excluding steroid dienone is 10. The van der Waals surface area contributed by atoms with Gasteiger partial charge in [0.15, 0.2) is 6.10 Å². The molecule has 0 aliphatic carbocycles. The maximum absolute atomic E-state index is 12.8. The second-order valence-electron chi connectivity index (χ2n) is 29.7. The van der Waals surface area contributed by atoms with Gasteiger partial charge in [0.25, 0.3) is 0 Å². The van der Waals surface area contributed by atoms with Gasteiger partial charge in [-0.1, -0.05) is 434 Å². The van der Waals surface area contributed by atoms with E-state index in [2.05, 4.69) is 74.6 Å². The second-order valence-corrected chi connectivity index (χ2v) is 31.2. The Morgan fingerprint density at radius 2 is 0.556 bits per heavy atom. The van der Waals surface area contributed by atoms with E-state index in [1.165, 1.54) is 372 Å². The number of hydrogen-bond acceptors (Lipinski definition) is 8. The van der Waals surface area contributed by atoms with Gasteiger partial charge in [-0.3, -0.25) is 18.6 Å². The molecule has 0 aliphatic heterocycles. The molecule has 9 nitrogen and oxygen atoms in total. The minimum atomic E-state index is -4.40. The lowest BCUT2D eigenvalue weighted by atomic mass is 10.0. The van der Waals surface area contributed by atoms with Gasteiger partial charge in [0.1, 0.15) is 6.61 Å². The molecule has 0 radical (unpaired) electrons. The van der Waals surface area contributed by atoms with E-state index in [0.29, 0.717) is 6.42 Å². The highest BCUT2D eigenvalue weighted by Gasteiger charge is 2.26. The predicted molar refractivity (Wildman–Crippen MR) is 432 cm³/mol. The molecule has 0 rings (SSSR count). The third-order valence-corrected chi connectivity index (χ3v) is 20.9. The Morgan fingerprint density at radius 3 is 0.838 bits per heavy atom. The maximum atomic E-state index is 12.8. The average molecular weight is 1410 g/mol. The maximum Gasteiger partial charge on any atom is 0.472 e. The molecule has 0 saturated carbocycles. The normalized spacial score (nSPS) is 13.1. The summed E-state index contributed by atoms with van der Waals surface area (Å²) in [5.74, 6) is -0.799. The first kappa shape index (κ1) is 96.7. The Balaban J connectivity index is 3.70. The van der Waals surface area contributed by atoms with Crippen LogP contribution in [0.15, 0.2) is 60.8 Å². The van der Waals surface area contributed by atoms with Crippen LogP contribution in [0.4, 0.5) is 0 Å². The molecule has 10 heteroatoms. The van der Waals surface area contributed by atoms with Crippen molar-refractivity contribution in [3.05, 3.63) is 60.8 Å². The van der Waals surface area contributed by atoms with Crippen molar-refractivity contribution in [1.29, 1.82) is 0 Å². The summed E-state index contributed by atoms with van der Waals surface area (Å²) in [6.07, 6.45) is 113. The van der Waals surface area contributed by atoms with E-state index in [4.69, 9.17) is 24.3 Å². The number of esters is 2. The summed E-state index contributed by atoms with van der Waals surface area (Å²) in [7, 11) is -4.40. The molecule has 582 valence electrons. The number of hydrogen-bond donors (Lipinski definition) is 2. The minimum absolute atomic E-state index is 0.0563. The highest BCUT2D eigenvalue weighted by Crippen LogP contribution is 2.43. The standard InChI is InChI=1S/C89H168NO8P/c1-3-5-7-9-11-13-15-17-19-21-23-25-27-29-31-33-35-37-39-41-43-45-47-49-51-53-55-57-59-61-63-65-67-69-71-73-75-77-79-81-88(91)95-85-87(86-97-99(93,94)96-84-83-90)98-89(92)82-80-78-76-74-72-70-68-66-64-62-60-58-56-54-52-50-48-46-44-42-40-38-36-34-32-30-28-26-24-22-20-18-16-14-12-10-8-6-4-2/h6,8,12,14,18,20-21,23-24,26,87H,3-5,7,9-11,13,15-17,19,22,25,27-86,90H2,1-2H3,(H,93,94)/b8-6-,14-12-,20-18-,23-21-,26-24-. The van der Waals surface area contributed by atoms with Gasteiger partial charge in [0, 0.05) is 19.4 Å². The molecule has 99 heavy (non-hydrogen) atoms. The van der Waals surface area contributed by atoms with Crippen LogP contribution in [0.1, 0.15) is 463 Å². The van der Waals surface area contributed by atoms with Crippen molar-refractivity contribution in [3.63, 3.8) is 0 Å². The molecule has 3 N–H and O–H groups in total. The first-order valence-corrected chi connectivity index (χ1v) is 45.3. The van der Waals surface area contributed by atoms with Crippen LogP contribution in [0.2, 0.25) is 0 Å². The van der Waals surface area contributed by atoms with E-state index >= 15 is 0 Å². The summed E-state index contributed by atoms with van der Waals surface area (Å²) in [6.45, 7) is 3.72. The smallest absolute Gasteiger partial charge is 0.462 e. The van der Waals surface area contributed by atoms with Crippen LogP contribution < -0.4 is 5.73 Å². The van der Waals surface area contributed by atoms with Crippen LogP contribution in [-0.4, -0.2) is 49.3 Å². The van der Waals surface area contributed by atoms with Gasteiger partial charge in [-0.15, -0.1) is 0 Å². The third kappa shape index (κ3) is 84.5. The summed E-state index contributed by atoms with van der Waals surface area (Å²) < 4.78 is 33.3.